The second-order valence-corrected chi connectivity index (χ2v) is 7.16. The topological polar surface area (TPSA) is 60.4 Å². The SMILES string of the molecule is C/C1=C\C(=O)CC2=C[C@@H](OC2=O)[C@H](C(C)C)CC(=O)/C(C)=C/CC1. The summed E-state index contributed by atoms with van der Waals surface area (Å²) in [6.07, 6.45) is 6.74. The van der Waals surface area contributed by atoms with Gasteiger partial charge in [0.15, 0.2) is 11.6 Å². The number of hydrogen-bond donors (Lipinski definition) is 0. The molecular weight excluding hydrogens is 304 g/mol. The predicted molar refractivity (Wildman–Crippen MR) is 92.3 cm³/mol. The third kappa shape index (κ3) is 4.53. The van der Waals surface area contributed by atoms with E-state index in [4.69, 9.17) is 4.74 Å². The van der Waals surface area contributed by atoms with Gasteiger partial charge in [0.25, 0.3) is 0 Å². The lowest BCUT2D eigenvalue weighted by Crippen LogP contribution is -2.28. The zero-order chi connectivity index (χ0) is 17.9. The van der Waals surface area contributed by atoms with Crippen LogP contribution < -0.4 is 0 Å². The van der Waals surface area contributed by atoms with E-state index in [1.807, 2.05) is 33.8 Å². The van der Waals surface area contributed by atoms with Crippen molar-refractivity contribution < 1.29 is 19.1 Å². The van der Waals surface area contributed by atoms with Gasteiger partial charge in [0.05, 0.1) is 0 Å². The highest BCUT2D eigenvalue weighted by Crippen LogP contribution is 2.31. The molecule has 0 spiro atoms. The number of Topliss-reactive ketones (excluding diaryl/α,β-unsaturated/α-hetero) is 1. The van der Waals surface area contributed by atoms with E-state index in [9.17, 15) is 14.4 Å². The van der Waals surface area contributed by atoms with Crippen molar-refractivity contribution in [1.29, 1.82) is 0 Å². The molecule has 1 heterocycles. The molecule has 0 unspecified atom stereocenters. The lowest BCUT2D eigenvalue weighted by atomic mass is 9.84. The van der Waals surface area contributed by atoms with Crippen LogP contribution >= 0.6 is 0 Å². The van der Waals surface area contributed by atoms with Gasteiger partial charge in [-0.25, -0.2) is 4.79 Å². The number of hydrogen-bond acceptors (Lipinski definition) is 4. The van der Waals surface area contributed by atoms with Crippen molar-refractivity contribution in [1.82, 2.24) is 0 Å². The minimum absolute atomic E-state index is 0.0697. The first kappa shape index (κ1) is 18.4. The van der Waals surface area contributed by atoms with Crippen LogP contribution in [0.2, 0.25) is 0 Å². The molecule has 0 fully saturated rings. The molecule has 4 heteroatoms. The van der Waals surface area contributed by atoms with Gasteiger partial charge >= 0.3 is 5.97 Å². The van der Waals surface area contributed by atoms with E-state index in [1.54, 1.807) is 12.2 Å². The molecule has 0 N–H and O–H groups in total. The van der Waals surface area contributed by atoms with Gasteiger partial charge in [-0.2, -0.15) is 0 Å². The van der Waals surface area contributed by atoms with Gasteiger partial charge in [-0.3, -0.25) is 9.59 Å². The summed E-state index contributed by atoms with van der Waals surface area (Å²) < 4.78 is 5.46. The third-order valence-electron chi connectivity index (χ3n) is 4.77. The molecule has 0 aromatic rings. The van der Waals surface area contributed by atoms with Crippen molar-refractivity contribution in [3.8, 4) is 0 Å². The maximum Gasteiger partial charge on any atom is 0.334 e. The Morgan fingerprint density at radius 2 is 1.88 bits per heavy atom. The second kappa shape index (κ2) is 7.73. The maximum absolute atomic E-state index is 12.5. The van der Waals surface area contributed by atoms with E-state index in [-0.39, 0.29) is 29.8 Å². The Kier molecular flexibility index (Phi) is 5.92. The van der Waals surface area contributed by atoms with E-state index in [0.717, 1.165) is 24.0 Å². The number of allylic oxidation sites excluding steroid dienone is 4. The van der Waals surface area contributed by atoms with Crippen LogP contribution in [0.15, 0.2) is 34.9 Å². The van der Waals surface area contributed by atoms with Crippen molar-refractivity contribution in [2.45, 2.75) is 59.5 Å². The van der Waals surface area contributed by atoms with Gasteiger partial charge in [0.1, 0.15) is 6.10 Å². The molecule has 1 aliphatic heterocycles. The van der Waals surface area contributed by atoms with Crippen molar-refractivity contribution in [3.05, 3.63) is 34.9 Å². The molecule has 0 aromatic heterocycles. The van der Waals surface area contributed by atoms with E-state index in [2.05, 4.69) is 0 Å². The molecule has 1 aliphatic carbocycles. The summed E-state index contributed by atoms with van der Waals surface area (Å²) in [7, 11) is 0. The van der Waals surface area contributed by atoms with E-state index < -0.39 is 12.1 Å². The first-order valence-electron chi connectivity index (χ1n) is 8.59. The minimum Gasteiger partial charge on any atom is -0.454 e. The highest BCUT2D eigenvalue weighted by Gasteiger charge is 2.35. The van der Waals surface area contributed by atoms with Gasteiger partial charge in [0.2, 0.25) is 0 Å². The molecule has 0 amide bonds. The summed E-state index contributed by atoms with van der Waals surface area (Å²) in [6, 6.07) is 0. The Hall–Kier alpha value is -1.97. The predicted octanol–water partition coefficient (Wildman–Crippen LogP) is 3.72. The molecular formula is C20H26O4. The van der Waals surface area contributed by atoms with Crippen LogP contribution in [0.1, 0.15) is 53.4 Å². The Morgan fingerprint density at radius 3 is 2.54 bits per heavy atom. The Bertz CT molecular complexity index is 634. The smallest absolute Gasteiger partial charge is 0.334 e. The Balaban J connectivity index is 2.35. The number of esters is 1. The summed E-state index contributed by atoms with van der Waals surface area (Å²) in [4.78, 5) is 36.7. The zero-order valence-corrected chi connectivity index (χ0v) is 14.9. The number of carbonyl (C=O) groups excluding carboxylic acids is 3. The van der Waals surface area contributed by atoms with Crippen molar-refractivity contribution in [2.24, 2.45) is 11.8 Å². The van der Waals surface area contributed by atoms with Gasteiger partial charge in [-0.15, -0.1) is 0 Å². The quantitative estimate of drug-likeness (QED) is 0.688. The summed E-state index contributed by atoms with van der Waals surface area (Å²) in [5.41, 5.74) is 2.11. The largest absolute Gasteiger partial charge is 0.454 e. The molecule has 0 saturated carbocycles. The minimum atomic E-state index is -0.431. The van der Waals surface area contributed by atoms with Crippen molar-refractivity contribution in [2.75, 3.05) is 0 Å². The van der Waals surface area contributed by atoms with Gasteiger partial charge < -0.3 is 4.74 Å². The standard InChI is InChI=1S/C20H26O4/c1-12(2)17-11-18(22)14(4)7-5-6-13(3)8-16(21)9-15-10-19(17)24-20(15)23/h7-8,10,12,17,19H,5-6,9,11H2,1-4H3/b13-8+,14-7+/t17-,19+/m0/s1. The lowest BCUT2D eigenvalue weighted by molar-refractivity contribution is -0.143. The average Bonchev–Trinajstić information content (AvgIpc) is 2.83. The van der Waals surface area contributed by atoms with Crippen LogP contribution in [-0.2, 0) is 19.1 Å². The fourth-order valence-electron chi connectivity index (χ4n) is 3.16. The van der Waals surface area contributed by atoms with Crippen LogP contribution in [0.5, 0.6) is 0 Å². The molecule has 24 heavy (non-hydrogen) atoms. The lowest BCUT2D eigenvalue weighted by Gasteiger charge is -2.24. The number of rotatable bonds is 1. The fourth-order valence-corrected chi connectivity index (χ4v) is 3.16. The molecule has 130 valence electrons. The van der Waals surface area contributed by atoms with Gasteiger partial charge in [-0.05, 0) is 50.3 Å². The first-order chi connectivity index (χ1) is 11.3. The van der Waals surface area contributed by atoms with Crippen LogP contribution in [0.4, 0.5) is 0 Å². The van der Waals surface area contributed by atoms with Crippen LogP contribution in [0.25, 0.3) is 0 Å². The van der Waals surface area contributed by atoms with Gasteiger partial charge in [-0.1, -0.05) is 25.5 Å². The molecule has 2 atom stereocenters. The van der Waals surface area contributed by atoms with Crippen molar-refractivity contribution >= 4 is 17.5 Å². The average molecular weight is 330 g/mol. The van der Waals surface area contributed by atoms with E-state index in [0.29, 0.717) is 12.0 Å². The van der Waals surface area contributed by atoms with Crippen LogP contribution in [0.3, 0.4) is 0 Å². The monoisotopic (exact) mass is 330 g/mol. The Labute approximate surface area is 143 Å². The van der Waals surface area contributed by atoms with Crippen LogP contribution in [-0.4, -0.2) is 23.6 Å². The molecule has 4 nitrogen and oxygen atoms in total. The van der Waals surface area contributed by atoms with Crippen molar-refractivity contribution in [3.63, 3.8) is 0 Å². The highest BCUT2D eigenvalue weighted by atomic mass is 16.5. The summed E-state index contributed by atoms with van der Waals surface area (Å²) >= 11 is 0. The second-order valence-electron chi connectivity index (χ2n) is 7.16. The molecule has 2 rings (SSSR count). The molecule has 2 aliphatic rings. The molecule has 2 bridgehead atoms. The molecule has 0 saturated heterocycles. The Morgan fingerprint density at radius 1 is 1.17 bits per heavy atom. The normalized spacial score (nSPS) is 30.9. The highest BCUT2D eigenvalue weighted by molar-refractivity contribution is 6.01. The van der Waals surface area contributed by atoms with Gasteiger partial charge in [0, 0.05) is 24.3 Å². The zero-order valence-electron chi connectivity index (χ0n) is 14.9. The first-order valence-corrected chi connectivity index (χ1v) is 8.59. The summed E-state index contributed by atoms with van der Waals surface area (Å²) in [5, 5.41) is 0. The number of ketones is 2. The maximum atomic E-state index is 12.5. The van der Waals surface area contributed by atoms with E-state index >= 15 is 0 Å². The summed E-state index contributed by atoms with van der Waals surface area (Å²) in [5.74, 6) is -0.286. The fraction of sp³-hybridized carbons (Fsp3) is 0.550. The molecule has 0 radical (unpaired) electrons. The molecule has 0 aromatic carbocycles. The number of fused-ring (bicyclic) bond motifs is 1. The third-order valence-corrected chi connectivity index (χ3v) is 4.77. The van der Waals surface area contributed by atoms with Crippen LogP contribution in [0, 0.1) is 11.8 Å². The summed E-state index contributed by atoms with van der Waals surface area (Å²) in [6.45, 7) is 7.78. The number of carbonyl (C=O) groups is 3. The van der Waals surface area contributed by atoms with E-state index in [1.165, 1.54) is 0 Å². The number of ether oxygens (including phenoxy) is 1.